The summed E-state index contributed by atoms with van der Waals surface area (Å²) >= 11 is 0. The number of aromatic nitrogens is 1. The molecule has 2 nitrogen and oxygen atoms in total. The summed E-state index contributed by atoms with van der Waals surface area (Å²) in [6.45, 7) is 0. The van der Waals surface area contributed by atoms with Gasteiger partial charge in [0.25, 0.3) is 0 Å². The van der Waals surface area contributed by atoms with Gasteiger partial charge < -0.3 is 10.3 Å². The zero-order valence-electron chi connectivity index (χ0n) is 9.33. The molecule has 0 radical (unpaired) electrons. The minimum Gasteiger partial charge on any atom is -0.341 e. The van der Waals surface area contributed by atoms with Gasteiger partial charge in [-0.05, 0) is 17.7 Å². The van der Waals surface area contributed by atoms with Crippen LogP contribution >= 0.6 is 0 Å². The molecular formula is C15H12N2. The van der Waals surface area contributed by atoms with Gasteiger partial charge in [-0.2, -0.15) is 0 Å². The Morgan fingerprint density at radius 1 is 0.882 bits per heavy atom. The molecule has 2 heterocycles. The van der Waals surface area contributed by atoms with Crippen LogP contribution in [-0.4, -0.2) is 4.98 Å². The molecule has 0 saturated heterocycles. The van der Waals surface area contributed by atoms with Crippen LogP contribution in [0.15, 0.2) is 48.5 Å². The van der Waals surface area contributed by atoms with Gasteiger partial charge in [-0.15, -0.1) is 0 Å². The second kappa shape index (κ2) is 3.14. The van der Waals surface area contributed by atoms with E-state index in [4.69, 9.17) is 0 Å². The Labute approximate surface area is 99.3 Å². The molecule has 0 saturated carbocycles. The molecule has 0 fully saturated rings. The molecule has 17 heavy (non-hydrogen) atoms. The van der Waals surface area contributed by atoms with Crippen molar-refractivity contribution >= 4 is 22.4 Å². The third-order valence-corrected chi connectivity index (χ3v) is 3.46. The van der Waals surface area contributed by atoms with Gasteiger partial charge >= 0.3 is 0 Å². The van der Waals surface area contributed by atoms with Crippen LogP contribution in [0, 0.1) is 0 Å². The molecule has 1 aromatic heterocycles. The fourth-order valence-electron chi connectivity index (χ4n) is 2.61. The maximum atomic E-state index is 3.47. The van der Waals surface area contributed by atoms with E-state index in [-0.39, 0.29) is 0 Å². The van der Waals surface area contributed by atoms with E-state index in [2.05, 4.69) is 58.8 Å². The molecule has 0 amide bonds. The average Bonchev–Trinajstić information content (AvgIpc) is 2.73. The number of aromatic amines is 1. The first kappa shape index (κ1) is 8.88. The molecule has 0 atom stereocenters. The summed E-state index contributed by atoms with van der Waals surface area (Å²) in [5.41, 5.74) is 5.16. The van der Waals surface area contributed by atoms with Crippen molar-refractivity contribution in [1.29, 1.82) is 0 Å². The Bertz CT molecular complexity index is 710. The lowest BCUT2D eigenvalue weighted by molar-refractivity contribution is 1.16. The Morgan fingerprint density at radius 3 is 2.71 bits per heavy atom. The minimum atomic E-state index is 1.00. The molecule has 0 aliphatic carbocycles. The lowest BCUT2D eigenvalue weighted by Gasteiger charge is -2.18. The standard InChI is InChI=1S/C15H12N2/c1-3-7-13-10(5-1)9-12-11-6-2-4-8-14(11)17-15(12)16-13/h1-8,16-17H,9H2. The lowest BCUT2D eigenvalue weighted by Crippen LogP contribution is -2.05. The highest BCUT2D eigenvalue weighted by Crippen LogP contribution is 2.36. The fraction of sp³-hybridized carbons (Fsp3) is 0.0667. The number of fused-ring (bicyclic) bond motifs is 4. The number of H-pyrrole nitrogens is 1. The summed E-state index contributed by atoms with van der Waals surface area (Å²) in [6, 6.07) is 16.9. The van der Waals surface area contributed by atoms with Crippen LogP contribution in [0.1, 0.15) is 11.1 Å². The Balaban J connectivity index is 1.97. The number of para-hydroxylation sites is 2. The number of benzene rings is 2. The van der Waals surface area contributed by atoms with E-state index in [1.165, 1.54) is 27.7 Å². The molecule has 3 aromatic rings. The molecule has 2 aromatic carbocycles. The Hall–Kier alpha value is -2.22. The zero-order valence-corrected chi connectivity index (χ0v) is 9.33. The third kappa shape index (κ3) is 1.21. The summed E-state index contributed by atoms with van der Waals surface area (Å²) in [5, 5.41) is 4.80. The second-order valence-electron chi connectivity index (χ2n) is 4.48. The van der Waals surface area contributed by atoms with Crippen molar-refractivity contribution in [3.05, 3.63) is 59.7 Å². The van der Waals surface area contributed by atoms with E-state index in [1.54, 1.807) is 0 Å². The predicted octanol–water partition coefficient (Wildman–Crippen LogP) is 3.82. The van der Waals surface area contributed by atoms with Crippen molar-refractivity contribution in [2.24, 2.45) is 0 Å². The van der Waals surface area contributed by atoms with Crippen molar-refractivity contribution in [3.63, 3.8) is 0 Å². The number of nitrogens with one attached hydrogen (secondary N) is 2. The monoisotopic (exact) mass is 220 g/mol. The van der Waals surface area contributed by atoms with Crippen LogP contribution < -0.4 is 5.32 Å². The zero-order chi connectivity index (χ0) is 11.2. The maximum absolute atomic E-state index is 3.47. The molecule has 1 aliphatic heterocycles. The van der Waals surface area contributed by atoms with Gasteiger partial charge in [0, 0.05) is 28.6 Å². The molecule has 0 bridgehead atoms. The smallest absolute Gasteiger partial charge is 0.112 e. The highest BCUT2D eigenvalue weighted by Gasteiger charge is 2.18. The summed E-state index contributed by atoms with van der Waals surface area (Å²) in [5.74, 6) is 1.14. The van der Waals surface area contributed by atoms with Gasteiger partial charge in [0.1, 0.15) is 5.82 Å². The first-order chi connectivity index (χ1) is 8.42. The number of rotatable bonds is 0. The maximum Gasteiger partial charge on any atom is 0.112 e. The molecule has 0 spiro atoms. The van der Waals surface area contributed by atoms with Crippen LogP contribution in [0.4, 0.5) is 11.5 Å². The Kier molecular flexibility index (Phi) is 1.64. The molecular weight excluding hydrogens is 208 g/mol. The quantitative estimate of drug-likeness (QED) is 0.463. The number of hydrogen-bond acceptors (Lipinski definition) is 1. The van der Waals surface area contributed by atoms with E-state index in [0.717, 1.165) is 12.2 Å². The largest absolute Gasteiger partial charge is 0.341 e. The van der Waals surface area contributed by atoms with Crippen molar-refractivity contribution < 1.29 is 0 Å². The van der Waals surface area contributed by atoms with Gasteiger partial charge in [0.2, 0.25) is 0 Å². The van der Waals surface area contributed by atoms with Crippen molar-refractivity contribution in [3.8, 4) is 0 Å². The predicted molar refractivity (Wildman–Crippen MR) is 70.8 cm³/mol. The van der Waals surface area contributed by atoms with Gasteiger partial charge in [0.15, 0.2) is 0 Å². The van der Waals surface area contributed by atoms with E-state index < -0.39 is 0 Å². The SMILES string of the molecule is c1ccc2c(c1)Cc1c([nH]c3ccccc13)N2. The molecule has 82 valence electrons. The fourth-order valence-corrected chi connectivity index (χ4v) is 2.61. The average molecular weight is 220 g/mol. The van der Waals surface area contributed by atoms with Crippen LogP contribution in [0.3, 0.4) is 0 Å². The molecule has 4 rings (SSSR count). The van der Waals surface area contributed by atoms with Crippen molar-refractivity contribution in [2.45, 2.75) is 6.42 Å². The summed E-state index contributed by atoms with van der Waals surface area (Å²) in [6.07, 6.45) is 1.00. The highest BCUT2D eigenvalue weighted by atomic mass is 15.0. The summed E-state index contributed by atoms with van der Waals surface area (Å²) < 4.78 is 0. The first-order valence-corrected chi connectivity index (χ1v) is 5.86. The normalized spacial score (nSPS) is 12.9. The molecule has 1 aliphatic rings. The van der Waals surface area contributed by atoms with Gasteiger partial charge in [-0.25, -0.2) is 0 Å². The van der Waals surface area contributed by atoms with Crippen LogP contribution in [0.2, 0.25) is 0 Å². The molecule has 2 N–H and O–H groups in total. The third-order valence-electron chi connectivity index (χ3n) is 3.46. The van der Waals surface area contributed by atoms with Crippen molar-refractivity contribution in [1.82, 2.24) is 4.98 Å². The van der Waals surface area contributed by atoms with Crippen LogP contribution in [0.5, 0.6) is 0 Å². The number of anilines is 2. The first-order valence-electron chi connectivity index (χ1n) is 5.86. The topological polar surface area (TPSA) is 27.8 Å². The van der Waals surface area contributed by atoms with Gasteiger partial charge in [0.05, 0.1) is 0 Å². The highest BCUT2D eigenvalue weighted by molar-refractivity contribution is 5.92. The second-order valence-corrected chi connectivity index (χ2v) is 4.48. The summed E-state index contributed by atoms with van der Waals surface area (Å²) in [7, 11) is 0. The number of hydrogen-bond donors (Lipinski definition) is 2. The molecule has 0 unspecified atom stereocenters. The Morgan fingerprint density at radius 2 is 1.71 bits per heavy atom. The van der Waals surface area contributed by atoms with E-state index in [9.17, 15) is 0 Å². The van der Waals surface area contributed by atoms with Crippen LogP contribution in [-0.2, 0) is 6.42 Å². The van der Waals surface area contributed by atoms with E-state index in [0.29, 0.717) is 0 Å². The lowest BCUT2D eigenvalue weighted by atomic mass is 9.99. The minimum absolute atomic E-state index is 1.00. The van der Waals surface area contributed by atoms with E-state index in [1.807, 2.05) is 0 Å². The van der Waals surface area contributed by atoms with Gasteiger partial charge in [-0.3, -0.25) is 0 Å². The van der Waals surface area contributed by atoms with Crippen LogP contribution in [0.25, 0.3) is 10.9 Å². The van der Waals surface area contributed by atoms with Gasteiger partial charge in [-0.1, -0.05) is 36.4 Å². The van der Waals surface area contributed by atoms with E-state index >= 15 is 0 Å². The molecule has 2 heteroatoms. The summed E-state index contributed by atoms with van der Waals surface area (Å²) in [4.78, 5) is 3.45. The van der Waals surface area contributed by atoms with Crippen molar-refractivity contribution in [2.75, 3.05) is 5.32 Å².